The van der Waals surface area contributed by atoms with Crippen molar-refractivity contribution < 1.29 is 33.7 Å². The Labute approximate surface area is 232 Å². The van der Waals surface area contributed by atoms with Gasteiger partial charge in [-0.2, -0.15) is 0 Å². The number of rotatable bonds is 13. The first kappa shape index (κ1) is 45.5. The quantitative estimate of drug-likeness (QED) is 0.0775. The first-order valence-electron chi connectivity index (χ1n) is 12.4. The molecule has 0 fully saturated rings. The molecule has 0 aromatic rings. The fourth-order valence-electron chi connectivity index (χ4n) is 1.37. The van der Waals surface area contributed by atoms with E-state index in [9.17, 15) is 14.4 Å². The van der Waals surface area contributed by atoms with Gasteiger partial charge in [-0.25, -0.2) is 0 Å². The molecule has 37 heavy (non-hydrogen) atoms. The first-order chi connectivity index (χ1) is 17.4. The predicted octanol–water partition coefficient (Wildman–Crippen LogP) is -0.792. The standard InChI is InChI=1S/2C7H16N2O2.C4H7BrO2.C3H10N2.C2H6O/c1-3-11-7(10)5-9-4-6(2)8;1-3-11-7(10)5-9-6(2)4-8;1-2-7-4(6)3-5;1-3(5)2-4;1-2-3/h2*6,9H,3-5,8H2,1-2H3;2-3H2,1H3;3H,2,4-5H2,1H3;3H,2H2,1H3. The normalized spacial score (nSPS) is 11.6. The van der Waals surface area contributed by atoms with E-state index in [1.807, 2.05) is 20.8 Å². The third-order valence-corrected chi connectivity index (χ3v) is 3.54. The van der Waals surface area contributed by atoms with Crippen LogP contribution >= 0.6 is 15.9 Å². The molecule has 0 aliphatic carbocycles. The minimum atomic E-state index is -0.229. The van der Waals surface area contributed by atoms with Crippen molar-refractivity contribution in [3.63, 3.8) is 0 Å². The largest absolute Gasteiger partial charge is 0.465 e. The van der Waals surface area contributed by atoms with Crippen LogP contribution in [0, 0.1) is 0 Å². The van der Waals surface area contributed by atoms with Crippen LogP contribution in [0.5, 0.6) is 0 Å². The number of carbonyl (C=O) groups excluding carboxylic acids is 3. The van der Waals surface area contributed by atoms with Crippen molar-refractivity contribution in [2.75, 3.05) is 64.5 Å². The Morgan fingerprint density at radius 3 is 1.43 bits per heavy atom. The Bertz CT molecular complexity index is 491. The maximum atomic E-state index is 10.7. The monoisotopic (exact) mass is 606 g/mol. The Kier molecular flexibility index (Phi) is 48.1. The highest BCUT2D eigenvalue weighted by molar-refractivity contribution is 9.09. The summed E-state index contributed by atoms with van der Waals surface area (Å²) < 4.78 is 13.9. The van der Waals surface area contributed by atoms with Crippen LogP contribution in [0.3, 0.4) is 0 Å². The second-order valence-corrected chi connectivity index (χ2v) is 7.76. The lowest BCUT2D eigenvalue weighted by Gasteiger charge is -2.09. The fourth-order valence-corrected chi connectivity index (χ4v) is 1.53. The van der Waals surface area contributed by atoms with Crippen LogP contribution in [0.1, 0.15) is 48.5 Å². The Morgan fingerprint density at radius 2 is 1.16 bits per heavy atom. The van der Waals surface area contributed by atoms with Crippen molar-refractivity contribution in [1.29, 1.82) is 0 Å². The molecule has 0 aromatic heterocycles. The molecule has 0 spiro atoms. The third-order valence-electron chi connectivity index (χ3n) is 3.08. The van der Waals surface area contributed by atoms with Gasteiger partial charge in [0.1, 0.15) is 5.33 Å². The second-order valence-electron chi connectivity index (χ2n) is 7.20. The molecule has 14 heteroatoms. The molecule has 13 nitrogen and oxygen atoms in total. The van der Waals surface area contributed by atoms with Crippen molar-refractivity contribution in [3.05, 3.63) is 0 Å². The molecule has 0 amide bonds. The summed E-state index contributed by atoms with van der Waals surface area (Å²) in [5.74, 6) is -0.663. The molecule has 3 unspecified atom stereocenters. The Morgan fingerprint density at radius 1 is 0.784 bits per heavy atom. The van der Waals surface area contributed by atoms with Crippen LogP contribution in [-0.2, 0) is 28.6 Å². The molecule has 0 heterocycles. The third kappa shape index (κ3) is 60.8. The zero-order valence-corrected chi connectivity index (χ0v) is 25.5. The first-order valence-corrected chi connectivity index (χ1v) is 13.5. The maximum absolute atomic E-state index is 10.7. The number of ether oxygens (including phenoxy) is 3. The molecular formula is C23H55BrN6O7. The van der Waals surface area contributed by atoms with Gasteiger partial charge in [0, 0.05) is 44.4 Å². The molecule has 0 aliphatic heterocycles. The van der Waals surface area contributed by atoms with E-state index in [0.29, 0.717) is 44.8 Å². The minimum absolute atomic E-state index is 0.0735. The van der Waals surface area contributed by atoms with Gasteiger partial charge in [-0.05, 0) is 48.5 Å². The molecule has 226 valence electrons. The number of aliphatic hydroxyl groups excluding tert-OH is 1. The van der Waals surface area contributed by atoms with Crippen LogP contribution < -0.4 is 33.6 Å². The molecule has 0 aliphatic rings. The zero-order valence-electron chi connectivity index (χ0n) is 23.9. The van der Waals surface area contributed by atoms with E-state index in [2.05, 4.69) is 36.0 Å². The molecule has 0 radical (unpaired) electrons. The van der Waals surface area contributed by atoms with Crippen molar-refractivity contribution in [2.45, 2.75) is 66.6 Å². The van der Waals surface area contributed by atoms with Gasteiger partial charge in [0.15, 0.2) is 0 Å². The SMILES string of the molecule is CC(N)CN.CCO.CCOC(=O)CBr.CCOC(=O)CNC(C)CN.CCOC(=O)CNCC(C)N. The topological polar surface area (TPSA) is 227 Å². The Balaban J connectivity index is -0.000000123. The van der Waals surface area contributed by atoms with E-state index in [1.165, 1.54) is 0 Å². The van der Waals surface area contributed by atoms with Gasteiger partial charge in [0.2, 0.25) is 0 Å². The smallest absolute Gasteiger partial charge is 0.319 e. The molecule has 0 rings (SSSR count). The number of alkyl halides is 1. The second kappa shape index (κ2) is 39.1. The van der Waals surface area contributed by atoms with Gasteiger partial charge in [-0.1, -0.05) is 15.9 Å². The average molecular weight is 608 g/mol. The zero-order chi connectivity index (χ0) is 30.1. The molecule has 3 atom stereocenters. The number of hydrogen-bond donors (Lipinski definition) is 7. The fraction of sp³-hybridized carbons (Fsp3) is 0.870. The highest BCUT2D eigenvalue weighted by Gasteiger charge is 2.03. The van der Waals surface area contributed by atoms with Crippen LogP contribution in [0.15, 0.2) is 0 Å². The predicted molar refractivity (Wildman–Crippen MR) is 152 cm³/mol. The molecule has 0 aromatic carbocycles. The summed E-state index contributed by atoms with van der Waals surface area (Å²) in [5.41, 5.74) is 21.0. The number of nitrogens with one attached hydrogen (secondary N) is 2. The van der Waals surface area contributed by atoms with Crippen molar-refractivity contribution in [2.24, 2.45) is 22.9 Å². The number of nitrogens with two attached hydrogens (primary N) is 4. The van der Waals surface area contributed by atoms with Gasteiger partial charge in [-0.3, -0.25) is 14.4 Å². The van der Waals surface area contributed by atoms with E-state index in [-0.39, 0.29) is 55.7 Å². The lowest BCUT2D eigenvalue weighted by molar-refractivity contribution is -0.143. The van der Waals surface area contributed by atoms with Crippen LogP contribution in [0.4, 0.5) is 0 Å². The summed E-state index contributed by atoms with van der Waals surface area (Å²) in [6, 6.07) is 0.402. The van der Waals surface area contributed by atoms with Gasteiger partial charge in [0.05, 0.1) is 32.9 Å². The van der Waals surface area contributed by atoms with Gasteiger partial charge >= 0.3 is 17.9 Å². The number of aliphatic hydroxyl groups is 1. The van der Waals surface area contributed by atoms with E-state index < -0.39 is 0 Å². The summed E-state index contributed by atoms with van der Waals surface area (Å²) in [4.78, 5) is 31.6. The average Bonchev–Trinajstić information content (AvgIpc) is 2.84. The molecule has 0 saturated heterocycles. The van der Waals surface area contributed by atoms with E-state index >= 15 is 0 Å². The van der Waals surface area contributed by atoms with Crippen LogP contribution in [0.2, 0.25) is 0 Å². The number of carbonyl (C=O) groups is 3. The summed E-state index contributed by atoms with van der Waals surface area (Å²) in [5, 5.41) is 13.6. The number of hydrogen-bond acceptors (Lipinski definition) is 13. The highest BCUT2D eigenvalue weighted by atomic mass is 79.9. The minimum Gasteiger partial charge on any atom is -0.465 e. The number of halogens is 1. The summed E-state index contributed by atoms with van der Waals surface area (Å²) in [7, 11) is 0. The van der Waals surface area contributed by atoms with E-state index in [1.54, 1.807) is 27.7 Å². The van der Waals surface area contributed by atoms with Crippen LogP contribution in [0.25, 0.3) is 0 Å². The lowest BCUT2D eigenvalue weighted by Crippen LogP contribution is -2.37. The van der Waals surface area contributed by atoms with Crippen molar-refractivity contribution in [3.8, 4) is 0 Å². The van der Waals surface area contributed by atoms with Gasteiger partial charge < -0.3 is 52.9 Å². The molecule has 0 bridgehead atoms. The molecule has 0 saturated carbocycles. The number of esters is 3. The molecule has 11 N–H and O–H groups in total. The maximum Gasteiger partial charge on any atom is 0.319 e. The molecular weight excluding hydrogens is 552 g/mol. The summed E-state index contributed by atoms with van der Waals surface area (Å²) in [6.07, 6.45) is 0. The Hall–Kier alpha value is -1.39. The van der Waals surface area contributed by atoms with Crippen molar-refractivity contribution in [1.82, 2.24) is 10.6 Å². The van der Waals surface area contributed by atoms with Crippen molar-refractivity contribution >= 4 is 33.8 Å². The van der Waals surface area contributed by atoms with Gasteiger partial charge in [0.25, 0.3) is 0 Å². The summed E-state index contributed by atoms with van der Waals surface area (Å²) in [6.45, 7) is 16.5. The van der Waals surface area contributed by atoms with E-state index in [0.717, 1.165) is 0 Å². The lowest BCUT2D eigenvalue weighted by atomic mass is 10.3. The van der Waals surface area contributed by atoms with Gasteiger partial charge in [-0.15, -0.1) is 0 Å². The van der Waals surface area contributed by atoms with E-state index in [4.69, 9.17) is 32.8 Å². The summed E-state index contributed by atoms with van der Waals surface area (Å²) >= 11 is 2.94. The van der Waals surface area contributed by atoms with Crippen LogP contribution in [-0.4, -0.2) is 106 Å². The highest BCUT2D eigenvalue weighted by Crippen LogP contribution is 1.83.